The second-order valence-electron chi connectivity index (χ2n) is 5.26. The van der Waals surface area contributed by atoms with Crippen molar-refractivity contribution in [3.05, 3.63) is 16.7 Å². The van der Waals surface area contributed by atoms with Crippen LogP contribution < -0.4 is 10.6 Å². The summed E-state index contributed by atoms with van der Waals surface area (Å²) in [6, 6.07) is 2.51. The van der Waals surface area contributed by atoms with Crippen LogP contribution in [0, 0.1) is 5.92 Å². The van der Waals surface area contributed by atoms with E-state index in [-0.39, 0.29) is 0 Å². The van der Waals surface area contributed by atoms with Crippen LogP contribution in [0.3, 0.4) is 0 Å². The minimum absolute atomic E-state index is 0.587. The topological polar surface area (TPSA) is 42.2 Å². The predicted molar refractivity (Wildman–Crippen MR) is 80.8 cm³/mol. The highest BCUT2D eigenvalue weighted by Gasteiger charge is 2.24. The Labute approximate surface area is 118 Å². The third kappa shape index (κ3) is 2.97. The van der Waals surface area contributed by atoms with Crippen molar-refractivity contribution in [3.8, 4) is 0 Å². The first kappa shape index (κ1) is 13.7. The SMILES string of the molecule is CCC1CCC(N(C)c2ncc(Br)cc2N)CC1. The van der Waals surface area contributed by atoms with E-state index in [2.05, 4.69) is 39.8 Å². The average molecular weight is 312 g/mol. The zero-order chi connectivity index (χ0) is 13.1. The molecule has 0 radical (unpaired) electrons. The molecule has 1 saturated carbocycles. The molecule has 1 fully saturated rings. The smallest absolute Gasteiger partial charge is 0.151 e. The maximum absolute atomic E-state index is 6.05. The summed E-state index contributed by atoms with van der Waals surface area (Å²) in [5.74, 6) is 1.84. The summed E-state index contributed by atoms with van der Waals surface area (Å²) in [5.41, 5.74) is 6.80. The molecule has 0 spiro atoms. The largest absolute Gasteiger partial charge is 0.396 e. The number of hydrogen-bond acceptors (Lipinski definition) is 3. The second kappa shape index (κ2) is 5.91. The molecule has 0 atom stereocenters. The quantitative estimate of drug-likeness (QED) is 0.922. The van der Waals surface area contributed by atoms with Crippen LogP contribution in [0.1, 0.15) is 39.0 Å². The van der Waals surface area contributed by atoms with Gasteiger partial charge >= 0.3 is 0 Å². The standard InChI is InChI=1S/C14H22BrN3/c1-3-10-4-6-12(7-5-10)18(2)14-13(16)8-11(15)9-17-14/h8-10,12H,3-7,16H2,1-2H3. The van der Waals surface area contributed by atoms with Crippen molar-refractivity contribution in [2.45, 2.75) is 45.1 Å². The number of nitrogens with two attached hydrogens (primary N) is 1. The Kier molecular flexibility index (Phi) is 4.49. The predicted octanol–water partition coefficient (Wildman–Crippen LogP) is 3.83. The molecule has 0 bridgehead atoms. The van der Waals surface area contributed by atoms with Gasteiger partial charge in [-0.3, -0.25) is 0 Å². The van der Waals surface area contributed by atoms with Crippen LogP contribution in [-0.2, 0) is 0 Å². The van der Waals surface area contributed by atoms with Crippen molar-refractivity contribution < 1.29 is 0 Å². The molecule has 0 unspecified atom stereocenters. The zero-order valence-electron chi connectivity index (χ0n) is 11.2. The van der Waals surface area contributed by atoms with Crippen molar-refractivity contribution in [3.63, 3.8) is 0 Å². The third-order valence-corrected chi connectivity index (χ3v) is 4.57. The number of aromatic nitrogens is 1. The molecule has 1 heterocycles. The Balaban J connectivity index is 2.05. The maximum atomic E-state index is 6.05. The molecule has 3 nitrogen and oxygen atoms in total. The van der Waals surface area contributed by atoms with Gasteiger partial charge in [-0.05, 0) is 53.6 Å². The van der Waals surface area contributed by atoms with Crippen molar-refractivity contribution in [1.82, 2.24) is 4.98 Å². The van der Waals surface area contributed by atoms with Crippen molar-refractivity contribution in [2.75, 3.05) is 17.7 Å². The van der Waals surface area contributed by atoms with Gasteiger partial charge in [0, 0.05) is 23.8 Å². The third-order valence-electron chi connectivity index (χ3n) is 4.14. The molecule has 2 rings (SSSR count). The second-order valence-corrected chi connectivity index (χ2v) is 6.18. The first-order valence-corrected chi connectivity index (χ1v) is 7.55. The Bertz CT molecular complexity index is 400. The lowest BCUT2D eigenvalue weighted by Gasteiger charge is -2.35. The molecular weight excluding hydrogens is 290 g/mol. The van der Waals surface area contributed by atoms with Gasteiger partial charge in [0.25, 0.3) is 0 Å². The Morgan fingerprint density at radius 2 is 2.06 bits per heavy atom. The molecule has 100 valence electrons. The molecule has 0 aliphatic heterocycles. The molecular formula is C14H22BrN3. The summed E-state index contributed by atoms with van der Waals surface area (Å²) in [7, 11) is 2.11. The zero-order valence-corrected chi connectivity index (χ0v) is 12.8. The Morgan fingerprint density at radius 1 is 1.39 bits per heavy atom. The molecule has 18 heavy (non-hydrogen) atoms. The van der Waals surface area contributed by atoms with E-state index in [0.29, 0.717) is 6.04 Å². The molecule has 1 aromatic heterocycles. The molecule has 1 aliphatic rings. The fourth-order valence-corrected chi connectivity index (χ4v) is 3.20. The van der Waals surface area contributed by atoms with Crippen molar-refractivity contribution in [2.24, 2.45) is 5.92 Å². The summed E-state index contributed by atoms with van der Waals surface area (Å²) < 4.78 is 0.937. The van der Waals surface area contributed by atoms with Crippen LogP contribution in [-0.4, -0.2) is 18.1 Å². The van der Waals surface area contributed by atoms with Crippen LogP contribution >= 0.6 is 15.9 Å². The van der Waals surface area contributed by atoms with E-state index in [1.807, 2.05) is 12.3 Å². The summed E-state index contributed by atoms with van der Waals surface area (Å²) >= 11 is 3.40. The molecule has 2 N–H and O–H groups in total. The van der Waals surface area contributed by atoms with Gasteiger partial charge in [0.2, 0.25) is 0 Å². The number of halogens is 1. The number of nitrogens with zero attached hydrogens (tertiary/aromatic N) is 2. The number of pyridine rings is 1. The maximum Gasteiger partial charge on any atom is 0.151 e. The van der Waals surface area contributed by atoms with Gasteiger partial charge in [0.05, 0.1) is 5.69 Å². The monoisotopic (exact) mass is 311 g/mol. The number of nitrogen functional groups attached to an aromatic ring is 1. The van der Waals surface area contributed by atoms with Crippen molar-refractivity contribution in [1.29, 1.82) is 0 Å². The highest BCUT2D eigenvalue weighted by molar-refractivity contribution is 9.10. The lowest BCUT2D eigenvalue weighted by Crippen LogP contribution is -2.36. The minimum Gasteiger partial charge on any atom is -0.396 e. The van der Waals surface area contributed by atoms with Crippen LogP contribution in [0.15, 0.2) is 16.7 Å². The molecule has 0 amide bonds. The minimum atomic E-state index is 0.587. The van der Waals surface area contributed by atoms with Crippen LogP contribution in [0.5, 0.6) is 0 Å². The van der Waals surface area contributed by atoms with E-state index in [4.69, 9.17) is 5.73 Å². The van der Waals surface area contributed by atoms with Crippen LogP contribution in [0.4, 0.5) is 11.5 Å². The molecule has 0 aromatic carbocycles. The lowest BCUT2D eigenvalue weighted by molar-refractivity contribution is 0.313. The summed E-state index contributed by atoms with van der Waals surface area (Å²) in [5, 5.41) is 0. The van der Waals surface area contributed by atoms with E-state index in [9.17, 15) is 0 Å². The van der Waals surface area contributed by atoms with Gasteiger partial charge in [-0.2, -0.15) is 0 Å². The van der Waals surface area contributed by atoms with Crippen molar-refractivity contribution >= 4 is 27.4 Å². The van der Waals surface area contributed by atoms with Gasteiger partial charge in [-0.25, -0.2) is 4.98 Å². The first-order chi connectivity index (χ1) is 8.61. The highest BCUT2D eigenvalue weighted by atomic mass is 79.9. The average Bonchev–Trinajstić information content (AvgIpc) is 2.38. The molecule has 4 heteroatoms. The van der Waals surface area contributed by atoms with Crippen LogP contribution in [0.25, 0.3) is 0 Å². The van der Waals surface area contributed by atoms with E-state index < -0.39 is 0 Å². The van der Waals surface area contributed by atoms with E-state index in [1.54, 1.807) is 0 Å². The van der Waals surface area contributed by atoms with Gasteiger partial charge in [0.15, 0.2) is 5.82 Å². The number of anilines is 2. The summed E-state index contributed by atoms with van der Waals surface area (Å²) in [6.45, 7) is 2.29. The molecule has 0 saturated heterocycles. The fourth-order valence-electron chi connectivity index (χ4n) is 2.86. The van der Waals surface area contributed by atoms with E-state index in [0.717, 1.165) is 21.9 Å². The number of hydrogen-bond donors (Lipinski definition) is 1. The Hall–Kier alpha value is -0.770. The van der Waals surface area contributed by atoms with Gasteiger partial charge in [-0.1, -0.05) is 13.3 Å². The van der Waals surface area contributed by atoms with Gasteiger partial charge in [-0.15, -0.1) is 0 Å². The normalized spacial score (nSPS) is 23.9. The Morgan fingerprint density at radius 3 is 2.61 bits per heavy atom. The lowest BCUT2D eigenvalue weighted by atomic mass is 9.84. The molecule has 1 aromatic rings. The van der Waals surface area contributed by atoms with Gasteiger partial charge in [0.1, 0.15) is 0 Å². The number of rotatable bonds is 3. The van der Waals surface area contributed by atoms with E-state index >= 15 is 0 Å². The fraction of sp³-hybridized carbons (Fsp3) is 0.643. The van der Waals surface area contributed by atoms with Crippen LogP contribution in [0.2, 0.25) is 0 Å². The highest BCUT2D eigenvalue weighted by Crippen LogP contribution is 2.32. The van der Waals surface area contributed by atoms with E-state index in [1.165, 1.54) is 32.1 Å². The molecule has 1 aliphatic carbocycles. The first-order valence-electron chi connectivity index (χ1n) is 6.75. The van der Waals surface area contributed by atoms with Gasteiger partial charge < -0.3 is 10.6 Å². The summed E-state index contributed by atoms with van der Waals surface area (Å²) in [4.78, 5) is 6.70. The summed E-state index contributed by atoms with van der Waals surface area (Å²) in [6.07, 6.45) is 8.32.